The summed E-state index contributed by atoms with van der Waals surface area (Å²) in [5, 5.41) is 8.20. The van der Waals surface area contributed by atoms with Crippen LogP contribution >= 0.6 is 0 Å². The number of hydrogen-bond acceptors (Lipinski definition) is 2. The van der Waals surface area contributed by atoms with Crippen molar-refractivity contribution in [1.82, 2.24) is 15.1 Å². The number of fused-ring (bicyclic) bond motifs is 1. The predicted octanol–water partition coefficient (Wildman–Crippen LogP) is 2.36. The summed E-state index contributed by atoms with van der Waals surface area (Å²) in [7, 11) is 1.98. The highest BCUT2D eigenvalue weighted by molar-refractivity contribution is 5.32. The van der Waals surface area contributed by atoms with Crippen LogP contribution in [0.2, 0.25) is 0 Å². The number of aromatic nitrogens is 2. The summed E-state index contributed by atoms with van der Waals surface area (Å²) in [5.74, 6) is 0.689. The second kappa shape index (κ2) is 5.80. The number of rotatable bonds is 5. The van der Waals surface area contributed by atoms with E-state index in [9.17, 15) is 0 Å². The molecule has 0 amide bonds. The van der Waals surface area contributed by atoms with Crippen LogP contribution in [0.4, 0.5) is 0 Å². The van der Waals surface area contributed by atoms with Gasteiger partial charge in [0, 0.05) is 25.7 Å². The molecule has 0 bridgehead atoms. The topological polar surface area (TPSA) is 29.9 Å². The van der Waals surface area contributed by atoms with Gasteiger partial charge < -0.3 is 5.32 Å². The van der Waals surface area contributed by atoms with Crippen molar-refractivity contribution in [3.05, 3.63) is 53.3 Å². The van der Waals surface area contributed by atoms with E-state index in [2.05, 4.69) is 47.7 Å². The Labute approximate surface area is 121 Å². The molecule has 3 nitrogen and oxygen atoms in total. The van der Waals surface area contributed by atoms with Crippen LogP contribution in [-0.4, -0.2) is 22.4 Å². The van der Waals surface area contributed by atoms with E-state index in [0.29, 0.717) is 12.0 Å². The van der Waals surface area contributed by atoms with Crippen LogP contribution in [0.5, 0.6) is 0 Å². The molecule has 1 aliphatic rings. The molecule has 1 unspecified atom stereocenters. The average Bonchev–Trinajstić information content (AvgIpc) is 3.04. The van der Waals surface area contributed by atoms with Crippen molar-refractivity contribution in [2.24, 2.45) is 13.0 Å². The summed E-state index contributed by atoms with van der Waals surface area (Å²) in [4.78, 5) is 0. The normalized spacial score (nSPS) is 16.3. The minimum Gasteiger partial charge on any atom is -0.314 e. The van der Waals surface area contributed by atoms with Gasteiger partial charge in [-0.15, -0.1) is 0 Å². The fourth-order valence-corrected chi connectivity index (χ4v) is 3.34. The van der Waals surface area contributed by atoms with Gasteiger partial charge in [0.05, 0.1) is 5.69 Å². The van der Waals surface area contributed by atoms with Crippen molar-refractivity contribution in [3.63, 3.8) is 0 Å². The molecule has 1 aromatic carbocycles. The van der Waals surface area contributed by atoms with Crippen molar-refractivity contribution in [1.29, 1.82) is 0 Å². The molecule has 3 heteroatoms. The zero-order valence-electron chi connectivity index (χ0n) is 12.3. The van der Waals surface area contributed by atoms with Gasteiger partial charge in [0.25, 0.3) is 0 Å². The van der Waals surface area contributed by atoms with E-state index in [0.717, 1.165) is 13.0 Å². The van der Waals surface area contributed by atoms with Gasteiger partial charge in [0.1, 0.15) is 0 Å². The summed E-state index contributed by atoms with van der Waals surface area (Å²) in [6.45, 7) is 3.21. The van der Waals surface area contributed by atoms with E-state index in [1.807, 2.05) is 17.9 Å². The molecular weight excluding hydrogens is 246 g/mol. The highest BCUT2D eigenvalue weighted by Gasteiger charge is 2.28. The number of benzene rings is 1. The van der Waals surface area contributed by atoms with Crippen molar-refractivity contribution in [3.8, 4) is 0 Å². The molecule has 0 saturated carbocycles. The molecule has 20 heavy (non-hydrogen) atoms. The number of likely N-dealkylation sites (N-methyl/N-ethyl adjacent to an activating group) is 1. The number of nitrogens with one attached hydrogen (secondary N) is 1. The average molecular weight is 269 g/mol. The molecule has 0 spiro atoms. The van der Waals surface area contributed by atoms with Crippen molar-refractivity contribution in [2.45, 2.75) is 32.2 Å². The molecule has 106 valence electrons. The molecule has 0 saturated heterocycles. The number of nitrogens with zero attached hydrogens (tertiary/aromatic N) is 2. The molecule has 2 aromatic rings. The maximum absolute atomic E-state index is 4.53. The van der Waals surface area contributed by atoms with E-state index in [1.165, 1.54) is 29.7 Å². The second-order valence-corrected chi connectivity index (χ2v) is 5.79. The van der Waals surface area contributed by atoms with Crippen LogP contribution in [0.25, 0.3) is 0 Å². The first-order valence-electron chi connectivity index (χ1n) is 7.55. The molecule has 1 aromatic heterocycles. The zero-order chi connectivity index (χ0) is 13.9. The van der Waals surface area contributed by atoms with Crippen LogP contribution < -0.4 is 5.32 Å². The molecule has 0 fully saturated rings. The van der Waals surface area contributed by atoms with E-state index in [1.54, 1.807) is 0 Å². The Morgan fingerprint density at radius 1 is 1.25 bits per heavy atom. The van der Waals surface area contributed by atoms with Gasteiger partial charge in [0.2, 0.25) is 0 Å². The Bertz CT molecular complexity index is 548. The summed E-state index contributed by atoms with van der Waals surface area (Å²) in [6, 6.07) is 11.5. The van der Waals surface area contributed by atoms with Gasteiger partial charge in [-0.25, -0.2) is 0 Å². The Balaban J connectivity index is 1.72. The molecule has 3 rings (SSSR count). The molecular formula is C17H23N3. The van der Waals surface area contributed by atoms with Crippen LogP contribution in [0.3, 0.4) is 0 Å². The Hall–Kier alpha value is -1.61. The van der Waals surface area contributed by atoms with Crippen molar-refractivity contribution < 1.29 is 0 Å². The van der Waals surface area contributed by atoms with Crippen LogP contribution in [0.15, 0.2) is 36.5 Å². The maximum Gasteiger partial charge on any atom is 0.0640 e. The molecule has 1 heterocycles. The molecule has 1 atom stereocenters. The lowest BCUT2D eigenvalue weighted by Crippen LogP contribution is -2.38. The minimum atomic E-state index is 0.516. The van der Waals surface area contributed by atoms with Gasteiger partial charge in [-0.1, -0.05) is 31.2 Å². The molecule has 0 radical (unpaired) electrons. The summed E-state index contributed by atoms with van der Waals surface area (Å²) >= 11 is 0. The van der Waals surface area contributed by atoms with Gasteiger partial charge in [-0.3, -0.25) is 4.68 Å². The maximum atomic E-state index is 4.53. The molecule has 0 aliphatic heterocycles. The van der Waals surface area contributed by atoms with Crippen molar-refractivity contribution in [2.75, 3.05) is 6.54 Å². The monoisotopic (exact) mass is 269 g/mol. The highest BCUT2D eigenvalue weighted by atomic mass is 15.2. The van der Waals surface area contributed by atoms with E-state index < -0.39 is 0 Å². The summed E-state index contributed by atoms with van der Waals surface area (Å²) in [5.41, 5.74) is 4.25. The van der Waals surface area contributed by atoms with Gasteiger partial charge in [-0.05, 0) is 42.5 Å². The first kappa shape index (κ1) is 13.4. The fourth-order valence-electron chi connectivity index (χ4n) is 3.34. The molecule has 1 N–H and O–H groups in total. The Kier molecular flexibility index (Phi) is 3.88. The summed E-state index contributed by atoms with van der Waals surface area (Å²) < 4.78 is 1.89. The lowest BCUT2D eigenvalue weighted by atomic mass is 9.93. The Morgan fingerprint density at radius 3 is 2.50 bits per heavy atom. The third-order valence-electron chi connectivity index (χ3n) is 4.32. The predicted molar refractivity (Wildman–Crippen MR) is 81.7 cm³/mol. The number of aryl methyl sites for hydroxylation is 1. The van der Waals surface area contributed by atoms with E-state index in [4.69, 9.17) is 0 Å². The fraction of sp³-hybridized carbons (Fsp3) is 0.471. The quantitative estimate of drug-likeness (QED) is 0.903. The lowest BCUT2D eigenvalue weighted by Gasteiger charge is -2.23. The first-order chi connectivity index (χ1) is 9.76. The Morgan fingerprint density at radius 2 is 1.95 bits per heavy atom. The third-order valence-corrected chi connectivity index (χ3v) is 4.32. The molecule has 1 aliphatic carbocycles. The SMILES string of the molecule is CCNC(Cc1ccn(C)n1)C1Cc2ccccc2C1. The second-order valence-electron chi connectivity index (χ2n) is 5.79. The van der Waals surface area contributed by atoms with E-state index in [-0.39, 0.29) is 0 Å². The largest absolute Gasteiger partial charge is 0.314 e. The van der Waals surface area contributed by atoms with Gasteiger partial charge >= 0.3 is 0 Å². The first-order valence-corrected chi connectivity index (χ1v) is 7.55. The van der Waals surface area contributed by atoms with Crippen LogP contribution in [0, 0.1) is 5.92 Å². The lowest BCUT2D eigenvalue weighted by molar-refractivity contribution is 0.365. The standard InChI is InChI=1S/C17H23N3/c1-3-18-17(12-16-8-9-20(2)19-16)15-10-13-6-4-5-7-14(13)11-15/h4-9,15,17-18H,3,10-12H2,1-2H3. The van der Waals surface area contributed by atoms with Gasteiger partial charge in [0.15, 0.2) is 0 Å². The highest BCUT2D eigenvalue weighted by Crippen LogP contribution is 2.29. The smallest absolute Gasteiger partial charge is 0.0640 e. The number of hydrogen-bond donors (Lipinski definition) is 1. The van der Waals surface area contributed by atoms with Gasteiger partial charge in [-0.2, -0.15) is 5.10 Å². The van der Waals surface area contributed by atoms with Crippen molar-refractivity contribution >= 4 is 0 Å². The summed E-state index contributed by atoms with van der Waals surface area (Å²) in [6.07, 6.45) is 5.44. The zero-order valence-corrected chi connectivity index (χ0v) is 12.3. The van der Waals surface area contributed by atoms with E-state index >= 15 is 0 Å². The minimum absolute atomic E-state index is 0.516. The van der Waals surface area contributed by atoms with Crippen LogP contribution in [0.1, 0.15) is 23.7 Å². The van der Waals surface area contributed by atoms with Crippen LogP contribution in [-0.2, 0) is 26.3 Å². The third kappa shape index (κ3) is 2.78.